The van der Waals surface area contributed by atoms with Gasteiger partial charge in [-0.2, -0.15) is 0 Å². The van der Waals surface area contributed by atoms with Gasteiger partial charge in [0.2, 0.25) is 5.91 Å². The number of esters is 1. The molecule has 0 saturated carbocycles. The first-order chi connectivity index (χ1) is 14.0. The maximum atomic E-state index is 12.3. The molecule has 0 aliphatic carbocycles. The van der Waals surface area contributed by atoms with E-state index in [4.69, 9.17) is 21.4 Å². The molecule has 0 fully saturated rings. The molecule has 1 aromatic heterocycles. The number of rotatable bonds is 7. The van der Waals surface area contributed by atoms with Gasteiger partial charge in [-0.15, -0.1) is 5.10 Å². The second-order valence-corrected chi connectivity index (χ2v) is 6.44. The van der Waals surface area contributed by atoms with E-state index in [0.717, 1.165) is 5.56 Å². The van der Waals surface area contributed by atoms with Gasteiger partial charge >= 0.3 is 5.97 Å². The van der Waals surface area contributed by atoms with Crippen LogP contribution in [0.1, 0.15) is 21.8 Å². The molecule has 0 saturated heterocycles. The Morgan fingerprint density at radius 2 is 2.00 bits per heavy atom. The Morgan fingerprint density at radius 3 is 2.76 bits per heavy atom. The lowest BCUT2D eigenvalue weighted by Gasteiger charge is -2.06. The molecule has 0 radical (unpaired) electrons. The summed E-state index contributed by atoms with van der Waals surface area (Å²) < 4.78 is 17.0. The quantitative estimate of drug-likeness (QED) is 0.468. The van der Waals surface area contributed by atoms with Gasteiger partial charge in [0, 0.05) is 5.69 Å². The SMILES string of the molecule is COC(=O)c1cccc(NC(=O)Cn2nc(COc3ccccc3C)oc2=S)c1. The minimum Gasteiger partial charge on any atom is -0.484 e. The lowest BCUT2D eigenvalue weighted by molar-refractivity contribution is -0.117. The number of carbonyl (C=O) groups excluding carboxylic acids is 2. The van der Waals surface area contributed by atoms with Gasteiger partial charge in [-0.1, -0.05) is 24.3 Å². The van der Waals surface area contributed by atoms with Crippen molar-refractivity contribution in [3.05, 3.63) is 70.4 Å². The van der Waals surface area contributed by atoms with E-state index < -0.39 is 5.97 Å². The van der Waals surface area contributed by atoms with Crippen molar-refractivity contribution in [2.24, 2.45) is 0 Å². The third-order valence-corrected chi connectivity index (χ3v) is 4.25. The van der Waals surface area contributed by atoms with Crippen LogP contribution in [0, 0.1) is 11.8 Å². The summed E-state index contributed by atoms with van der Waals surface area (Å²) in [6, 6.07) is 14.0. The Bertz CT molecular complexity index is 1090. The van der Waals surface area contributed by atoms with Gasteiger partial charge in [-0.25, -0.2) is 9.48 Å². The number of carbonyl (C=O) groups is 2. The van der Waals surface area contributed by atoms with Crippen LogP contribution in [0.4, 0.5) is 5.69 Å². The topological polar surface area (TPSA) is 95.6 Å². The van der Waals surface area contributed by atoms with Crippen LogP contribution in [-0.2, 0) is 22.7 Å². The maximum Gasteiger partial charge on any atom is 0.337 e. The molecule has 150 valence electrons. The number of methoxy groups -OCH3 is 1. The van der Waals surface area contributed by atoms with Crippen molar-refractivity contribution in [1.29, 1.82) is 0 Å². The molecule has 0 aliphatic rings. The Labute approximate surface area is 172 Å². The molecule has 9 heteroatoms. The smallest absolute Gasteiger partial charge is 0.337 e. The minimum atomic E-state index is -0.488. The molecule has 0 aliphatic heterocycles. The Morgan fingerprint density at radius 1 is 1.21 bits per heavy atom. The zero-order valence-corrected chi connectivity index (χ0v) is 16.7. The molecule has 0 spiro atoms. The first-order valence-electron chi connectivity index (χ1n) is 8.70. The Kier molecular flexibility index (Phi) is 6.40. The molecular weight excluding hydrogens is 394 g/mol. The summed E-state index contributed by atoms with van der Waals surface area (Å²) >= 11 is 5.12. The van der Waals surface area contributed by atoms with E-state index in [0.29, 0.717) is 17.0 Å². The number of aryl methyl sites for hydroxylation is 1. The molecule has 0 unspecified atom stereocenters. The van der Waals surface area contributed by atoms with E-state index in [2.05, 4.69) is 15.2 Å². The van der Waals surface area contributed by atoms with E-state index in [-0.39, 0.29) is 29.8 Å². The lowest BCUT2D eigenvalue weighted by atomic mass is 10.2. The van der Waals surface area contributed by atoms with Crippen LogP contribution in [0.3, 0.4) is 0 Å². The predicted octanol–water partition coefficient (Wildman–Crippen LogP) is 3.52. The molecule has 29 heavy (non-hydrogen) atoms. The van der Waals surface area contributed by atoms with Gasteiger partial charge in [0.05, 0.1) is 12.7 Å². The number of aromatic nitrogens is 2. The van der Waals surface area contributed by atoms with Crippen molar-refractivity contribution >= 4 is 29.8 Å². The van der Waals surface area contributed by atoms with E-state index in [9.17, 15) is 9.59 Å². The second kappa shape index (κ2) is 9.16. The number of hydrogen-bond donors (Lipinski definition) is 1. The maximum absolute atomic E-state index is 12.3. The average Bonchev–Trinajstić information content (AvgIpc) is 3.06. The van der Waals surface area contributed by atoms with Crippen molar-refractivity contribution in [1.82, 2.24) is 9.78 Å². The summed E-state index contributed by atoms with van der Waals surface area (Å²) in [5.74, 6) is 0.117. The second-order valence-electron chi connectivity index (χ2n) is 6.09. The molecule has 1 amide bonds. The number of benzene rings is 2. The number of ether oxygens (including phenoxy) is 2. The summed E-state index contributed by atoms with van der Waals surface area (Å²) in [6.07, 6.45) is 0. The van der Waals surface area contributed by atoms with E-state index in [1.165, 1.54) is 17.9 Å². The van der Waals surface area contributed by atoms with Gasteiger partial charge in [-0.05, 0) is 49.0 Å². The monoisotopic (exact) mass is 413 g/mol. The van der Waals surface area contributed by atoms with Crippen LogP contribution in [-0.4, -0.2) is 28.8 Å². The molecule has 0 atom stereocenters. The third-order valence-electron chi connectivity index (χ3n) is 3.95. The number of amides is 1. The number of hydrogen-bond acceptors (Lipinski definition) is 7. The van der Waals surface area contributed by atoms with E-state index >= 15 is 0 Å². The average molecular weight is 413 g/mol. The molecular formula is C20H19N3O5S. The standard InChI is InChI=1S/C20H19N3O5S/c1-13-6-3-4-9-16(13)27-12-18-22-23(20(29)28-18)11-17(24)21-15-8-5-7-14(10-15)19(25)26-2/h3-10H,11-12H2,1-2H3,(H,21,24). The van der Waals surface area contributed by atoms with Crippen molar-refractivity contribution in [3.63, 3.8) is 0 Å². The van der Waals surface area contributed by atoms with Crippen LogP contribution >= 0.6 is 12.2 Å². The predicted molar refractivity (Wildman–Crippen MR) is 107 cm³/mol. The van der Waals surface area contributed by atoms with E-state index in [1.54, 1.807) is 18.2 Å². The fourth-order valence-corrected chi connectivity index (χ4v) is 2.75. The van der Waals surface area contributed by atoms with Crippen molar-refractivity contribution < 1.29 is 23.5 Å². The first-order valence-corrected chi connectivity index (χ1v) is 9.10. The molecule has 0 bridgehead atoms. The van der Waals surface area contributed by atoms with Crippen LogP contribution in [0.15, 0.2) is 52.9 Å². The summed E-state index contributed by atoms with van der Waals surface area (Å²) in [4.78, 5) is 24.0. The zero-order chi connectivity index (χ0) is 20.8. The highest BCUT2D eigenvalue weighted by molar-refractivity contribution is 7.71. The molecule has 3 aromatic rings. The molecule has 1 heterocycles. The summed E-state index contributed by atoms with van der Waals surface area (Å²) in [7, 11) is 1.29. The Balaban J connectivity index is 1.62. The van der Waals surface area contributed by atoms with Crippen molar-refractivity contribution in [2.75, 3.05) is 12.4 Å². The van der Waals surface area contributed by atoms with Gasteiger partial charge in [0.25, 0.3) is 10.7 Å². The van der Waals surface area contributed by atoms with Gasteiger partial charge < -0.3 is 19.2 Å². The molecule has 2 aromatic carbocycles. The first kappa shape index (κ1) is 20.3. The summed E-state index contributed by atoms with van der Waals surface area (Å²) in [5.41, 5.74) is 1.77. The van der Waals surface area contributed by atoms with Crippen LogP contribution in [0.2, 0.25) is 0 Å². The molecule has 1 N–H and O–H groups in total. The third kappa shape index (κ3) is 5.29. The summed E-state index contributed by atoms with van der Waals surface area (Å²) in [6.45, 7) is 1.88. The highest BCUT2D eigenvalue weighted by Crippen LogP contribution is 2.17. The minimum absolute atomic E-state index is 0.0619. The molecule has 8 nitrogen and oxygen atoms in total. The number of para-hydroxylation sites is 1. The largest absolute Gasteiger partial charge is 0.484 e. The number of nitrogens with one attached hydrogen (secondary N) is 1. The fraction of sp³-hybridized carbons (Fsp3) is 0.200. The van der Waals surface area contributed by atoms with Crippen molar-refractivity contribution in [3.8, 4) is 5.75 Å². The number of nitrogens with zero attached hydrogens (tertiary/aromatic N) is 2. The van der Waals surface area contributed by atoms with Gasteiger partial charge in [0.1, 0.15) is 12.3 Å². The van der Waals surface area contributed by atoms with Gasteiger partial charge in [-0.3, -0.25) is 4.79 Å². The zero-order valence-electron chi connectivity index (χ0n) is 15.9. The Hall–Kier alpha value is -3.46. The van der Waals surface area contributed by atoms with Crippen molar-refractivity contribution in [2.45, 2.75) is 20.1 Å². The highest BCUT2D eigenvalue weighted by atomic mass is 32.1. The van der Waals surface area contributed by atoms with Gasteiger partial charge in [0.15, 0.2) is 6.61 Å². The van der Waals surface area contributed by atoms with E-state index in [1.807, 2.05) is 31.2 Å². The van der Waals surface area contributed by atoms with Crippen LogP contribution in [0.25, 0.3) is 0 Å². The molecule has 3 rings (SSSR count). The van der Waals surface area contributed by atoms with Crippen LogP contribution < -0.4 is 10.1 Å². The highest BCUT2D eigenvalue weighted by Gasteiger charge is 2.12. The number of anilines is 1. The summed E-state index contributed by atoms with van der Waals surface area (Å²) in [5, 5.41) is 6.87. The lowest BCUT2D eigenvalue weighted by Crippen LogP contribution is -2.20. The normalized spacial score (nSPS) is 10.4. The van der Waals surface area contributed by atoms with Crippen LogP contribution in [0.5, 0.6) is 5.75 Å². The fourth-order valence-electron chi connectivity index (χ4n) is 2.54.